The molecule has 0 aliphatic carbocycles. The van der Waals surface area contributed by atoms with Crippen LogP contribution in [0.4, 0.5) is 8.78 Å². The molecule has 1 aromatic heterocycles. The van der Waals surface area contributed by atoms with E-state index in [1.807, 2.05) is 27.5 Å². The molecule has 0 bridgehead atoms. The van der Waals surface area contributed by atoms with Crippen molar-refractivity contribution in [2.75, 3.05) is 6.61 Å². The van der Waals surface area contributed by atoms with E-state index in [0.29, 0.717) is 28.7 Å². The Kier molecular flexibility index (Phi) is 5.97. The van der Waals surface area contributed by atoms with Gasteiger partial charge in [-0.3, -0.25) is 4.57 Å². The Hall–Kier alpha value is -2.96. The van der Waals surface area contributed by atoms with Gasteiger partial charge in [0.2, 0.25) is 0 Å². The summed E-state index contributed by atoms with van der Waals surface area (Å²) in [5, 5.41) is 0.626. The molecule has 0 atom stereocenters. The van der Waals surface area contributed by atoms with Gasteiger partial charge >= 0.3 is 0 Å². The molecule has 0 spiro atoms. The summed E-state index contributed by atoms with van der Waals surface area (Å²) >= 11 is 11.7. The second kappa shape index (κ2) is 8.81. The zero-order chi connectivity index (χ0) is 21.1. The van der Waals surface area contributed by atoms with E-state index in [0.717, 1.165) is 16.9 Å². The number of imidazole rings is 1. The minimum atomic E-state index is -0.312. The summed E-state index contributed by atoms with van der Waals surface area (Å²) in [6.45, 7) is 0.846. The van der Waals surface area contributed by atoms with Gasteiger partial charge in [0, 0.05) is 22.5 Å². The van der Waals surface area contributed by atoms with Crippen molar-refractivity contribution in [3.63, 3.8) is 0 Å². The number of rotatable bonds is 6. The third kappa shape index (κ3) is 4.45. The van der Waals surface area contributed by atoms with Crippen molar-refractivity contribution < 1.29 is 13.5 Å². The first-order valence-corrected chi connectivity index (χ1v) is 10.0. The molecule has 7 heteroatoms. The molecule has 30 heavy (non-hydrogen) atoms. The van der Waals surface area contributed by atoms with E-state index in [9.17, 15) is 8.78 Å². The Morgan fingerprint density at radius 3 is 2.07 bits per heavy atom. The first-order valence-electron chi connectivity index (χ1n) is 9.24. The highest BCUT2D eigenvalue weighted by atomic mass is 35.5. The molecule has 0 aliphatic rings. The Bertz CT molecular complexity index is 1200. The molecule has 3 nitrogen and oxygen atoms in total. The topological polar surface area (TPSA) is 19.1 Å². The average molecular weight is 443 g/mol. The lowest BCUT2D eigenvalue weighted by molar-refractivity contribution is 0.297. The van der Waals surface area contributed by atoms with Crippen molar-refractivity contribution in [2.45, 2.75) is 6.54 Å². The highest BCUT2D eigenvalue weighted by Crippen LogP contribution is 2.26. The van der Waals surface area contributed by atoms with E-state index >= 15 is 0 Å². The van der Waals surface area contributed by atoms with Crippen LogP contribution in [0, 0.1) is 16.4 Å². The summed E-state index contributed by atoms with van der Waals surface area (Å²) in [5.41, 5.74) is 2.50. The Morgan fingerprint density at radius 1 is 0.833 bits per heavy atom. The molecule has 0 fully saturated rings. The van der Waals surface area contributed by atoms with E-state index < -0.39 is 0 Å². The maximum atomic E-state index is 13.4. The third-order valence-electron chi connectivity index (χ3n) is 4.60. The summed E-state index contributed by atoms with van der Waals surface area (Å²) < 4.78 is 36.5. The second-order valence-corrected chi connectivity index (χ2v) is 7.41. The molecular formula is C23H17ClF2N2OS. The van der Waals surface area contributed by atoms with Crippen LogP contribution in [0.15, 0.2) is 79.0 Å². The third-order valence-corrected chi connectivity index (χ3v) is 5.26. The standard InChI is InChI=1S/C23H17ClF2N2OS/c24-17-3-9-20(10-4-17)28-22(16-1-5-18(25)6-2-16)15-27(23(28)30)13-14-29-21-11-7-19(26)8-12-21/h1-12,15H,13-14H2. The van der Waals surface area contributed by atoms with Gasteiger partial charge in [0.25, 0.3) is 0 Å². The van der Waals surface area contributed by atoms with Gasteiger partial charge in [-0.1, -0.05) is 11.6 Å². The molecule has 0 N–H and O–H groups in total. The molecule has 0 saturated heterocycles. The van der Waals surface area contributed by atoms with Gasteiger partial charge < -0.3 is 9.30 Å². The van der Waals surface area contributed by atoms with Crippen LogP contribution in [0.5, 0.6) is 5.75 Å². The lowest BCUT2D eigenvalue weighted by Crippen LogP contribution is -2.08. The van der Waals surface area contributed by atoms with Crippen LogP contribution >= 0.6 is 23.8 Å². The number of halogens is 3. The second-order valence-electron chi connectivity index (χ2n) is 6.61. The molecule has 152 valence electrons. The number of nitrogens with zero attached hydrogens (tertiary/aromatic N) is 2. The van der Waals surface area contributed by atoms with Gasteiger partial charge in [0.15, 0.2) is 4.77 Å². The molecule has 4 rings (SSSR count). The SMILES string of the molecule is Fc1ccc(OCCn2cc(-c3ccc(F)cc3)n(-c3ccc(Cl)cc3)c2=S)cc1. The highest BCUT2D eigenvalue weighted by Gasteiger charge is 2.13. The van der Waals surface area contributed by atoms with Gasteiger partial charge in [-0.25, -0.2) is 8.78 Å². The Morgan fingerprint density at radius 2 is 1.43 bits per heavy atom. The van der Waals surface area contributed by atoms with Gasteiger partial charge in [0.1, 0.15) is 24.0 Å². The number of hydrogen-bond acceptors (Lipinski definition) is 2. The van der Waals surface area contributed by atoms with Gasteiger partial charge in [-0.05, 0) is 85.0 Å². The maximum Gasteiger partial charge on any atom is 0.185 e. The molecule has 4 aromatic rings. The van der Waals surface area contributed by atoms with E-state index in [4.69, 9.17) is 28.6 Å². The van der Waals surface area contributed by atoms with Crippen molar-refractivity contribution in [2.24, 2.45) is 0 Å². The molecule has 0 radical (unpaired) electrons. The van der Waals surface area contributed by atoms with E-state index in [1.54, 1.807) is 36.4 Å². The Balaban J connectivity index is 1.66. The van der Waals surface area contributed by atoms with E-state index in [1.165, 1.54) is 24.3 Å². The van der Waals surface area contributed by atoms with Crippen molar-refractivity contribution in [3.8, 4) is 22.7 Å². The van der Waals surface area contributed by atoms with Gasteiger partial charge in [0.05, 0.1) is 12.2 Å². The largest absolute Gasteiger partial charge is 0.492 e. The summed E-state index contributed by atoms with van der Waals surface area (Å²) in [5.74, 6) is -0.0325. The van der Waals surface area contributed by atoms with Crippen LogP contribution in [0.3, 0.4) is 0 Å². The Labute approximate surface area is 182 Å². The van der Waals surface area contributed by atoms with Crippen molar-refractivity contribution in [3.05, 3.63) is 100 Å². The normalized spacial score (nSPS) is 10.9. The number of hydrogen-bond donors (Lipinski definition) is 0. The minimum absolute atomic E-state index is 0.303. The van der Waals surface area contributed by atoms with E-state index in [2.05, 4.69) is 0 Å². The summed E-state index contributed by atoms with van der Waals surface area (Å²) in [6, 6.07) is 19.5. The monoisotopic (exact) mass is 442 g/mol. The number of aromatic nitrogens is 2. The van der Waals surface area contributed by atoms with Gasteiger partial charge in [-0.2, -0.15) is 0 Å². The molecule has 0 amide bonds. The van der Waals surface area contributed by atoms with Crippen LogP contribution in [-0.4, -0.2) is 15.7 Å². The molecule has 0 unspecified atom stereocenters. The van der Waals surface area contributed by atoms with Crippen molar-refractivity contribution in [1.29, 1.82) is 0 Å². The molecule has 0 saturated carbocycles. The molecule has 0 aliphatic heterocycles. The van der Waals surface area contributed by atoms with Crippen LogP contribution in [0.25, 0.3) is 16.9 Å². The first kappa shape index (κ1) is 20.3. The first-order chi connectivity index (χ1) is 14.5. The number of benzene rings is 3. The van der Waals surface area contributed by atoms with Crippen molar-refractivity contribution in [1.82, 2.24) is 9.13 Å². The quantitative estimate of drug-likeness (QED) is 0.310. The van der Waals surface area contributed by atoms with Crippen LogP contribution in [-0.2, 0) is 6.54 Å². The predicted molar refractivity (Wildman–Crippen MR) is 117 cm³/mol. The fourth-order valence-electron chi connectivity index (χ4n) is 3.11. The van der Waals surface area contributed by atoms with Crippen LogP contribution < -0.4 is 4.74 Å². The smallest absolute Gasteiger partial charge is 0.185 e. The zero-order valence-corrected chi connectivity index (χ0v) is 17.3. The maximum absolute atomic E-state index is 13.4. The molecule has 1 heterocycles. The van der Waals surface area contributed by atoms with Gasteiger partial charge in [-0.15, -0.1) is 0 Å². The molecular weight excluding hydrogens is 426 g/mol. The summed E-state index contributed by atoms with van der Waals surface area (Å²) in [4.78, 5) is 0. The predicted octanol–water partition coefficient (Wildman–Crippen LogP) is 6.69. The fraction of sp³-hybridized carbons (Fsp3) is 0.0870. The number of ether oxygens (including phenoxy) is 1. The summed E-state index contributed by atoms with van der Waals surface area (Å²) in [6.07, 6.45) is 1.91. The van der Waals surface area contributed by atoms with Crippen LogP contribution in [0.2, 0.25) is 5.02 Å². The molecule has 3 aromatic carbocycles. The highest BCUT2D eigenvalue weighted by molar-refractivity contribution is 7.71. The zero-order valence-electron chi connectivity index (χ0n) is 15.8. The lowest BCUT2D eigenvalue weighted by Gasteiger charge is -2.09. The van der Waals surface area contributed by atoms with Crippen molar-refractivity contribution >= 4 is 23.8 Å². The summed E-state index contributed by atoms with van der Waals surface area (Å²) in [7, 11) is 0. The van der Waals surface area contributed by atoms with Crippen LogP contribution in [0.1, 0.15) is 0 Å². The average Bonchev–Trinajstić information content (AvgIpc) is 3.07. The fourth-order valence-corrected chi connectivity index (χ4v) is 3.58. The minimum Gasteiger partial charge on any atom is -0.492 e. The lowest BCUT2D eigenvalue weighted by atomic mass is 10.1. The van der Waals surface area contributed by atoms with E-state index in [-0.39, 0.29) is 11.6 Å².